The molecule has 0 radical (unpaired) electrons. The van der Waals surface area contributed by atoms with Crippen molar-refractivity contribution in [2.45, 2.75) is 27.7 Å². The van der Waals surface area contributed by atoms with Gasteiger partial charge in [-0.15, -0.1) is 0 Å². The highest BCUT2D eigenvalue weighted by molar-refractivity contribution is 7.80. The van der Waals surface area contributed by atoms with Crippen molar-refractivity contribution < 1.29 is 0 Å². The van der Waals surface area contributed by atoms with E-state index in [0.717, 1.165) is 31.9 Å². The Hall–Kier alpha value is -1.13. The summed E-state index contributed by atoms with van der Waals surface area (Å²) in [4.78, 5) is 2.37. The minimum atomic E-state index is 0.695. The molecule has 0 atom stereocenters. The Morgan fingerprint density at radius 1 is 1.21 bits per heavy atom. The van der Waals surface area contributed by atoms with Crippen LogP contribution in [-0.4, -0.2) is 36.2 Å². The van der Waals surface area contributed by atoms with Crippen molar-refractivity contribution in [2.75, 3.05) is 31.5 Å². The third kappa shape index (κ3) is 5.17. The van der Waals surface area contributed by atoms with Crippen LogP contribution in [0.5, 0.6) is 0 Å². The number of benzene rings is 1. The van der Waals surface area contributed by atoms with E-state index in [1.165, 1.54) is 11.1 Å². The molecule has 19 heavy (non-hydrogen) atoms. The van der Waals surface area contributed by atoms with Gasteiger partial charge in [-0.25, -0.2) is 0 Å². The highest BCUT2D eigenvalue weighted by atomic mass is 32.1. The molecule has 0 aromatic heterocycles. The molecule has 0 aliphatic carbocycles. The van der Waals surface area contributed by atoms with Crippen molar-refractivity contribution in [1.29, 1.82) is 0 Å². The van der Waals surface area contributed by atoms with Crippen LogP contribution in [0.4, 0.5) is 5.69 Å². The van der Waals surface area contributed by atoms with Crippen LogP contribution < -0.4 is 10.6 Å². The molecular formula is C15H25N3S. The van der Waals surface area contributed by atoms with Gasteiger partial charge >= 0.3 is 0 Å². The van der Waals surface area contributed by atoms with Gasteiger partial charge in [0.1, 0.15) is 0 Å². The molecule has 2 N–H and O–H groups in total. The summed E-state index contributed by atoms with van der Waals surface area (Å²) >= 11 is 5.32. The first kappa shape index (κ1) is 15.9. The Morgan fingerprint density at radius 3 is 2.53 bits per heavy atom. The first-order valence-electron chi connectivity index (χ1n) is 6.91. The van der Waals surface area contributed by atoms with Gasteiger partial charge in [0.05, 0.1) is 0 Å². The van der Waals surface area contributed by atoms with Crippen LogP contribution in [0.3, 0.4) is 0 Å². The topological polar surface area (TPSA) is 27.3 Å². The number of anilines is 1. The molecule has 0 saturated carbocycles. The summed E-state index contributed by atoms with van der Waals surface area (Å²) in [7, 11) is 0. The molecule has 4 heteroatoms. The molecule has 0 heterocycles. The first-order chi connectivity index (χ1) is 9.08. The Kier molecular flexibility index (Phi) is 6.81. The van der Waals surface area contributed by atoms with Crippen LogP contribution in [0.2, 0.25) is 0 Å². The van der Waals surface area contributed by atoms with E-state index in [-0.39, 0.29) is 0 Å². The van der Waals surface area contributed by atoms with Crippen molar-refractivity contribution in [2.24, 2.45) is 0 Å². The van der Waals surface area contributed by atoms with Gasteiger partial charge in [0.2, 0.25) is 0 Å². The zero-order valence-electron chi connectivity index (χ0n) is 12.4. The molecule has 1 aromatic carbocycles. The Labute approximate surface area is 122 Å². The fourth-order valence-electron chi connectivity index (χ4n) is 1.92. The molecule has 3 nitrogen and oxygen atoms in total. The Bertz CT molecular complexity index is 414. The van der Waals surface area contributed by atoms with Crippen molar-refractivity contribution in [1.82, 2.24) is 10.2 Å². The average Bonchev–Trinajstić information content (AvgIpc) is 2.40. The molecule has 1 aromatic rings. The molecule has 0 fully saturated rings. The van der Waals surface area contributed by atoms with E-state index in [0.29, 0.717) is 5.11 Å². The number of nitrogens with one attached hydrogen (secondary N) is 2. The predicted octanol–water partition coefficient (Wildman–Crippen LogP) is 2.93. The van der Waals surface area contributed by atoms with E-state index in [9.17, 15) is 0 Å². The highest BCUT2D eigenvalue weighted by Gasteiger charge is 2.03. The molecule has 106 valence electrons. The summed E-state index contributed by atoms with van der Waals surface area (Å²) in [6, 6.07) is 6.21. The number of thiocarbonyl (C=S) groups is 1. The van der Waals surface area contributed by atoms with Crippen LogP contribution in [0, 0.1) is 13.8 Å². The van der Waals surface area contributed by atoms with Crippen LogP contribution in [0.25, 0.3) is 0 Å². The smallest absolute Gasteiger partial charge is 0.170 e. The maximum absolute atomic E-state index is 5.32. The van der Waals surface area contributed by atoms with Gasteiger partial charge in [0.15, 0.2) is 5.11 Å². The van der Waals surface area contributed by atoms with E-state index in [2.05, 4.69) is 55.4 Å². The predicted molar refractivity (Wildman–Crippen MR) is 87.9 cm³/mol. The quantitative estimate of drug-likeness (QED) is 0.783. The van der Waals surface area contributed by atoms with E-state index in [1.54, 1.807) is 0 Å². The molecule has 0 saturated heterocycles. The minimum Gasteiger partial charge on any atom is -0.361 e. The second-order valence-corrected chi connectivity index (χ2v) is 5.06. The SMILES string of the molecule is CCN(CC)CCNC(=S)Nc1cccc(C)c1C. The van der Waals surface area contributed by atoms with Gasteiger partial charge in [0, 0.05) is 18.8 Å². The average molecular weight is 279 g/mol. The van der Waals surface area contributed by atoms with Gasteiger partial charge in [-0.2, -0.15) is 0 Å². The number of hydrogen-bond donors (Lipinski definition) is 2. The fraction of sp³-hybridized carbons (Fsp3) is 0.533. The molecule has 1 rings (SSSR count). The number of rotatable bonds is 6. The van der Waals surface area contributed by atoms with E-state index in [4.69, 9.17) is 12.2 Å². The zero-order valence-corrected chi connectivity index (χ0v) is 13.2. The van der Waals surface area contributed by atoms with E-state index >= 15 is 0 Å². The minimum absolute atomic E-state index is 0.695. The molecule has 0 bridgehead atoms. The van der Waals surface area contributed by atoms with Gasteiger partial charge in [-0.3, -0.25) is 0 Å². The van der Waals surface area contributed by atoms with Crippen molar-refractivity contribution >= 4 is 23.0 Å². The van der Waals surface area contributed by atoms with Crippen LogP contribution in [-0.2, 0) is 0 Å². The van der Waals surface area contributed by atoms with Gasteiger partial charge in [-0.05, 0) is 56.3 Å². The monoisotopic (exact) mass is 279 g/mol. The highest BCUT2D eigenvalue weighted by Crippen LogP contribution is 2.17. The number of nitrogens with zero attached hydrogens (tertiary/aromatic N) is 1. The summed E-state index contributed by atoms with van der Waals surface area (Å²) in [6.45, 7) is 12.6. The standard InChI is InChI=1S/C15H25N3S/c1-5-18(6-2)11-10-16-15(19)17-14-9-7-8-12(3)13(14)4/h7-9H,5-6,10-11H2,1-4H3,(H2,16,17,19). The van der Waals surface area contributed by atoms with E-state index in [1.807, 2.05) is 6.07 Å². The molecule has 0 amide bonds. The van der Waals surface area contributed by atoms with Gasteiger partial charge in [-0.1, -0.05) is 26.0 Å². The molecule has 0 aliphatic heterocycles. The number of aryl methyl sites for hydroxylation is 1. The van der Waals surface area contributed by atoms with Crippen molar-refractivity contribution in [3.05, 3.63) is 29.3 Å². The maximum Gasteiger partial charge on any atom is 0.170 e. The second-order valence-electron chi connectivity index (χ2n) is 4.66. The van der Waals surface area contributed by atoms with Crippen molar-refractivity contribution in [3.8, 4) is 0 Å². The van der Waals surface area contributed by atoms with Crippen LogP contribution >= 0.6 is 12.2 Å². The Morgan fingerprint density at radius 2 is 1.89 bits per heavy atom. The lowest BCUT2D eigenvalue weighted by molar-refractivity contribution is 0.308. The Balaban J connectivity index is 2.41. The number of likely N-dealkylation sites (N-methyl/N-ethyl adjacent to an activating group) is 1. The molecule has 0 aliphatic rings. The van der Waals surface area contributed by atoms with Gasteiger partial charge < -0.3 is 15.5 Å². The third-order valence-corrected chi connectivity index (χ3v) is 3.71. The summed E-state index contributed by atoms with van der Waals surface area (Å²) in [5, 5.41) is 7.21. The first-order valence-corrected chi connectivity index (χ1v) is 7.32. The van der Waals surface area contributed by atoms with Crippen LogP contribution in [0.15, 0.2) is 18.2 Å². The third-order valence-electron chi connectivity index (χ3n) is 3.46. The van der Waals surface area contributed by atoms with Gasteiger partial charge in [0.25, 0.3) is 0 Å². The zero-order chi connectivity index (χ0) is 14.3. The maximum atomic E-state index is 5.32. The van der Waals surface area contributed by atoms with E-state index < -0.39 is 0 Å². The summed E-state index contributed by atoms with van der Waals surface area (Å²) in [6.07, 6.45) is 0. The normalized spacial score (nSPS) is 10.6. The lowest BCUT2D eigenvalue weighted by Crippen LogP contribution is -2.36. The molecular weight excluding hydrogens is 254 g/mol. The summed E-state index contributed by atoms with van der Waals surface area (Å²) in [5.41, 5.74) is 3.60. The fourth-order valence-corrected chi connectivity index (χ4v) is 2.13. The van der Waals surface area contributed by atoms with Crippen LogP contribution in [0.1, 0.15) is 25.0 Å². The lowest BCUT2D eigenvalue weighted by atomic mass is 10.1. The molecule has 0 spiro atoms. The second kappa shape index (κ2) is 8.12. The lowest BCUT2D eigenvalue weighted by Gasteiger charge is -2.19. The summed E-state index contributed by atoms with van der Waals surface area (Å²) in [5.74, 6) is 0. The molecule has 0 unspecified atom stereocenters. The number of hydrogen-bond acceptors (Lipinski definition) is 2. The summed E-state index contributed by atoms with van der Waals surface area (Å²) < 4.78 is 0. The van der Waals surface area contributed by atoms with Crippen molar-refractivity contribution in [3.63, 3.8) is 0 Å². The largest absolute Gasteiger partial charge is 0.361 e.